The van der Waals surface area contributed by atoms with Gasteiger partial charge >= 0.3 is 5.97 Å². The maximum atomic E-state index is 11.2. The predicted molar refractivity (Wildman–Crippen MR) is 134 cm³/mol. The molecule has 6 heteroatoms. The molecule has 176 valence electrons. The molecule has 0 fully saturated rings. The molecule has 0 atom stereocenters. The number of nitrogens with zero attached hydrogens (tertiary/aromatic N) is 1. The van der Waals surface area contributed by atoms with Crippen molar-refractivity contribution in [2.75, 3.05) is 19.5 Å². The number of methoxy groups -OCH3 is 1. The first-order chi connectivity index (χ1) is 16.1. The number of rotatable bonds is 13. The van der Waals surface area contributed by atoms with Crippen LogP contribution >= 0.6 is 11.8 Å². The van der Waals surface area contributed by atoms with Gasteiger partial charge in [0.15, 0.2) is 0 Å². The van der Waals surface area contributed by atoms with Gasteiger partial charge in [0.05, 0.1) is 25.2 Å². The third kappa shape index (κ3) is 7.97. The number of carbonyl (C=O) groups is 1. The van der Waals surface area contributed by atoms with Crippen molar-refractivity contribution in [1.82, 2.24) is 4.98 Å². The van der Waals surface area contributed by atoms with Crippen LogP contribution in [0.15, 0.2) is 52.9 Å². The van der Waals surface area contributed by atoms with Crippen molar-refractivity contribution in [3.05, 3.63) is 71.1 Å². The summed E-state index contributed by atoms with van der Waals surface area (Å²) >= 11 is 1.52. The summed E-state index contributed by atoms with van der Waals surface area (Å²) in [6, 6.07) is 16.5. The van der Waals surface area contributed by atoms with Crippen LogP contribution in [-0.2, 0) is 28.1 Å². The van der Waals surface area contributed by atoms with Crippen molar-refractivity contribution in [3.8, 4) is 17.2 Å². The van der Waals surface area contributed by atoms with Crippen LogP contribution in [0, 0.1) is 6.92 Å². The van der Waals surface area contributed by atoms with Gasteiger partial charge < -0.3 is 13.9 Å². The van der Waals surface area contributed by atoms with E-state index in [2.05, 4.69) is 35.9 Å². The zero-order chi connectivity index (χ0) is 23.5. The summed E-state index contributed by atoms with van der Waals surface area (Å²) in [7, 11) is 1.40. The Morgan fingerprint density at radius 2 is 1.88 bits per heavy atom. The van der Waals surface area contributed by atoms with Gasteiger partial charge in [-0.2, -0.15) is 0 Å². The molecule has 0 aliphatic heterocycles. The molecule has 0 spiro atoms. The van der Waals surface area contributed by atoms with E-state index in [1.807, 2.05) is 31.2 Å². The van der Waals surface area contributed by atoms with Gasteiger partial charge in [-0.15, -0.1) is 11.8 Å². The number of hydrogen-bond acceptors (Lipinski definition) is 6. The first-order valence-electron chi connectivity index (χ1n) is 11.5. The SMILES string of the molecule is CCCCCc1ccc(-c2nc(CCOc3cccc(CSCC(=O)OC)c3)c(C)o2)cc1. The lowest BCUT2D eigenvalue weighted by molar-refractivity contribution is -0.137. The van der Waals surface area contributed by atoms with E-state index in [9.17, 15) is 4.79 Å². The van der Waals surface area contributed by atoms with E-state index >= 15 is 0 Å². The van der Waals surface area contributed by atoms with Crippen molar-refractivity contribution in [1.29, 1.82) is 0 Å². The molecule has 0 N–H and O–H groups in total. The van der Waals surface area contributed by atoms with Crippen LogP contribution in [0.1, 0.15) is 48.8 Å². The summed E-state index contributed by atoms with van der Waals surface area (Å²) in [5, 5.41) is 0. The quantitative estimate of drug-likeness (QED) is 0.214. The summed E-state index contributed by atoms with van der Waals surface area (Å²) < 4.78 is 16.5. The second kappa shape index (κ2) is 13.1. The van der Waals surface area contributed by atoms with Gasteiger partial charge in [0.2, 0.25) is 5.89 Å². The van der Waals surface area contributed by atoms with E-state index < -0.39 is 0 Å². The molecule has 0 aliphatic carbocycles. The standard InChI is InChI=1S/C27H33NO4S/c1-4-5-6-8-21-11-13-23(14-12-21)27-28-25(20(2)32-27)15-16-31-24-10-7-9-22(17-24)18-33-19-26(29)30-3/h7,9-14,17H,4-6,8,15-16,18-19H2,1-3H3. The van der Waals surface area contributed by atoms with Crippen molar-refractivity contribution in [2.45, 2.75) is 51.7 Å². The topological polar surface area (TPSA) is 61.6 Å². The number of ether oxygens (including phenoxy) is 2. The maximum Gasteiger partial charge on any atom is 0.315 e. The monoisotopic (exact) mass is 467 g/mol. The highest BCUT2D eigenvalue weighted by Crippen LogP contribution is 2.24. The minimum absolute atomic E-state index is 0.210. The molecular weight excluding hydrogens is 434 g/mol. The molecule has 1 heterocycles. The highest BCUT2D eigenvalue weighted by atomic mass is 32.2. The molecule has 33 heavy (non-hydrogen) atoms. The maximum absolute atomic E-state index is 11.2. The van der Waals surface area contributed by atoms with E-state index in [1.54, 1.807) is 0 Å². The third-order valence-corrected chi connectivity index (χ3v) is 6.36. The molecule has 2 aromatic carbocycles. The Labute approximate surface area is 200 Å². The van der Waals surface area contributed by atoms with Crippen molar-refractivity contribution < 1.29 is 18.7 Å². The number of unbranched alkanes of at least 4 members (excludes halogenated alkanes) is 2. The molecule has 1 aromatic heterocycles. The fourth-order valence-corrected chi connectivity index (χ4v) is 4.28. The van der Waals surface area contributed by atoms with Gasteiger partial charge in [-0.3, -0.25) is 4.79 Å². The fraction of sp³-hybridized carbons (Fsp3) is 0.407. The molecule has 0 amide bonds. The third-order valence-electron chi connectivity index (χ3n) is 5.38. The van der Waals surface area contributed by atoms with E-state index in [-0.39, 0.29) is 5.97 Å². The van der Waals surface area contributed by atoms with Gasteiger partial charge in [0.1, 0.15) is 11.5 Å². The lowest BCUT2D eigenvalue weighted by atomic mass is 10.1. The van der Waals surface area contributed by atoms with Gasteiger partial charge in [-0.1, -0.05) is 44.0 Å². The second-order valence-electron chi connectivity index (χ2n) is 7.99. The normalized spacial score (nSPS) is 10.9. The number of aromatic nitrogens is 1. The highest BCUT2D eigenvalue weighted by Gasteiger charge is 2.12. The molecular formula is C27H33NO4S. The Balaban J connectivity index is 1.50. The zero-order valence-electron chi connectivity index (χ0n) is 19.8. The summed E-state index contributed by atoms with van der Waals surface area (Å²) in [4.78, 5) is 16.0. The number of esters is 1. The van der Waals surface area contributed by atoms with Crippen LogP contribution < -0.4 is 4.74 Å². The van der Waals surface area contributed by atoms with E-state index in [0.717, 1.165) is 40.5 Å². The number of benzene rings is 2. The van der Waals surface area contributed by atoms with Gasteiger partial charge in [0.25, 0.3) is 0 Å². The summed E-state index contributed by atoms with van der Waals surface area (Å²) in [5.74, 6) is 3.16. The van der Waals surface area contributed by atoms with Crippen LogP contribution in [0.5, 0.6) is 5.75 Å². The Hall–Kier alpha value is -2.73. The minimum Gasteiger partial charge on any atom is -0.493 e. The second-order valence-corrected chi connectivity index (χ2v) is 8.98. The molecule has 0 radical (unpaired) electrons. The summed E-state index contributed by atoms with van der Waals surface area (Å²) in [5.41, 5.74) is 4.39. The highest BCUT2D eigenvalue weighted by molar-refractivity contribution is 7.99. The van der Waals surface area contributed by atoms with Crippen LogP contribution in [-0.4, -0.2) is 30.4 Å². The number of aryl methyl sites for hydroxylation is 2. The van der Waals surface area contributed by atoms with Crippen molar-refractivity contribution in [2.24, 2.45) is 0 Å². The number of thioether (sulfide) groups is 1. The minimum atomic E-state index is -0.210. The van der Waals surface area contributed by atoms with Gasteiger partial charge in [-0.05, 0) is 55.2 Å². The van der Waals surface area contributed by atoms with Crippen LogP contribution in [0.4, 0.5) is 0 Å². The molecule has 0 aliphatic rings. The number of oxazole rings is 1. The molecule has 0 saturated heterocycles. The number of carbonyl (C=O) groups excluding carboxylic acids is 1. The smallest absolute Gasteiger partial charge is 0.315 e. The molecule has 3 rings (SSSR count). The Kier molecular flexibility index (Phi) is 9.88. The predicted octanol–water partition coefficient (Wildman–Crippen LogP) is 6.41. The van der Waals surface area contributed by atoms with Crippen LogP contribution in [0.25, 0.3) is 11.5 Å². The van der Waals surface area contributed by atoms with Crippen LogP contribution in [0.2, 0.25) is 0 Å². The van der Waals surface area contributed by atoms with E-state index in [0.29, 0.717) is 24.7 Å². The Bertz CT molecular complexity index is 1010. The van der Waals surface area contributed by atoms with Gasteiger partial charge in [-0.25, -0.2) is 4.98 Å². The molecule has 0 bridgehead atoms. The molecule has 0 saturated carbocycles. The van der Waals surface area contributed by atoms with Crippen molar-refractivity contribution in [3.63, 3.8) is 0 Å². The lowest BCUT2D eigenvalue weighted by Gasteiger charge is -2.07. The molecule has 3 aromatic rings. The largest absolute Gasteiger partial charge is 0.493 e. The zero-order valence-corrected chi connectivity index (χ0v) is 20.6. The first-order valence-corrected chi connectivity index (χ1v) is 12.7. The Morgan fingerprint density at radius 1 is 1.06 bits per heavy atom. The van der Waals surface area contributed by atoms with E-state index in [1.165, 1.54) is 43.7 Å². The average molecular weight is 468 g/mol. The van der Waals surface area contributed by atoms with Crippen molar-refractivity contribution >= 4 is 17.7 Å². The summed E-state index contributed by atoms with van der Waals surface area (Å²) in [6.45, 7) is 4.69. The average Bonchev–Trinajstić information content (AvgIpc) is 3.20. The van der Waals surface area contributed by atoms with Gasteiger partial charge in [0, 0.05) is 17.7 Å². The first kappa shape index (κ1) is 24.9. The lowest BCUT2D eigenvalue weighted by Crippen LogP contribution is -2.04. The number of hydrogen-bond donors (Lipinski definition) is 0. The van der Waals surface area contributed by atoms with E-state index in [4.69, 9.17) is 14.1 Å². The molecule has 0 unspecified atom stereocenters. The van der Waals surface area contributed by atoms with Crippen LogP contribution in [0.3, 0.4) is 0 Å². The molecule has 5 nitrogen and oxygen atoms in total. The summed E-state index contributed by atoms with van der Waals surface area (Å²) in [6.07, 6.45) is 5.53. The Morgan fingerprint density at radius 3 is 2.64 bits per heavy atom. The fourth-order valence-electron chi connectivity index (χ4n) is 3.48.